The summed E-state index contributed by atoms with van der Waals surface area (Å²) in [5.41, 5.74) is 0. The minimum atomic E-state index is -0.669. The molecule has 0 rings (SSSR count). The monoisotopic (exact) mass is 888 g/mol. The highest BCUT2D eigenvalue weighted by atomic mass is 16.5. The van der Waals surface area contributed by atoms with Crippen molar-refractivity contribution in [1.82, 2.24) is 5.32 Å². The summed E-state index contributed by atoms with van der Waals surface area (Å²) in [7, 11) is 0. The van der Waals surface area contributed by atoms with Crippen LogP contribution in [0.15, 0.2) is 24.3 Å². The second-order valence-electron chi connectivity index (χ2n) is 19.3. The molecule has 0 aromatic heterocycles. The summed E-state index contributed by atoms with van der Waals surface area (Å²) in [6.07, 6.45) is 63.0. The number of aliphatic hydroxyl groups excluding tert-OH is 2. The average Bonchev–Trinajstić information content (AvgIpc) is 3.28. The van der Waals surface area contributed by atoms with Crippen molar-refractivity contribution in [1.29, 1.82) is 0 Å². The summed E-state index contributed by atoms with van der Waals surface area (Å²) < 4.78 is 5.46. The molecular weight excluding hydrogens is 779 g/mol. The molecule has 63 heavy (non-hydrogen) atoms. The number of unbranched alkanes of at least 4 members (excludes halogenated alkanes) is 37. The van der Waals surface area contributed by atoms with Crippen molar-refractivity contribution < 1.29 is 24.5 Å². The molecule has 6 nitrogen and oxygen atoms in total. The first-order valence-corrected chi connectivity index (χ1v) is 28.1. The molecule has 0 aliphatic carbocycles. The number of nitrogens with one attached hydrogen (secondary N) is 1. The summed E-state index contributed by atoms with van der Waals surface area (Å²) in [5, 5.41) is 23.3. The lowest BCUT2D eigenvalue weighted by Gasteiger charge is -2.22. The Morgan fingerprint density at radius 3 is 1.25 bits per heavy atom. The number of carbonyl (C=O) groups excluding carboxylic acids is 2. The highest BCUT2D eigenvalue weighted by Crippen LogP contribution is 2.17. The van der Waals surface area contributed by atoms with Crippen molar-refractivity contribution in [3.05, 3.63) is 24.3 Å². The number of esters is 1. The Bertz CT molecular complexity index is 982. The van der Waals surface area contributed by atoms with E-state index in [1.54, 1.807) is 0 Å². The lowest BCUT2D eigenvalue weighted by atomic mass is 10.0. The van der Waals surface area contributed by atoms with Crippen LogP contribution in [0.25, 0.3) is 0 Å². The average molecular weight is 889 g/mol. The molecule has 0 aromatic carbocycles. The maximum absolute atomic E-state index is 12.5. The Labute approximate surface area is 392 Å². The van der Waals surface area contributed by atoms with Gasteiger partial charge in [0.05, 0.1) is 25.4 Å². The lowest BCUT2D eigenvalue weighted by molar-refractivity contribution is -0.143. The Morgan fingerprint density at radius 2 is 0.810 bits per heavy atom. The fourth-order valence-corrected chi connectivity index (χ4v) is 8.66. The van der Waals surface area contributed by atoms with E-state index in [0.29, 0.717) is 25.9 Å². The van der Waals surface area contributed by atoms with Gasteiger partial charge in [-0.25, -0.2) is 0 Å². The Kier molecular flexibility index (Phi) is 51.6. The molecule has 0 aliphatic rings. The van der Waals surface area contributed by atoms with E-state index < -0.39 is 12.1 Å². The first-order valence-electron chi connectivity index (χ1n) is 28.1. The number of ether oxygens (including phenoxy) is 1. The van der Waals surface area contributed by atoms with Crippen LogP contribution in [0.3, 0.4) is 0 Å². The van der Waals surface area contributed by atoms with Gasteiger partial charge in [-0.1, -0.05) is 263 Å². The van der Waals surface area contributed by atoms with Gasteiger partial charge >= 0.3 is 5.97 Å². The summed E-state index contributed by atoms with van der Waals surface area (Å²) in [6.45, 7) is 4.90. The van der Waals surface area contributed by atoms with E-state index in [0.717, 1.165) is 57.8 Å². The number of amides is 1. The van der Waals surface area contributed by atoms with Crippen LogP contribution in [0.4, 0.5) is 0 Å². The maximum atomic E-state index is 12.5. The van der Waals surface area contributed by atoms with Crippen LogP contribution in [-0.4, -0.2) is 47.4 Å². The van der Waals surface area contributed by atoms with Crippen molar-refractivity contribution in [3.63, 3.8) is 0 Å². The molecule has 3 N–H and O–H groups in total. The summed E-state index contributed by atoms with van der Waals surface area (Å²) in [5.74, 6) is -0.0519. The predicted octanol–water partition coefficient (Wildman–Crippen LogP) is 17.1. The van der Waals surface area contributed by atoms with Gasteiger partial charge < -0.3 is 20.3 Å². The molecule has 2 atom stereocenters. The third-order valence-corrected chi connectivity index (χ3v) is 13.0. The maximum Gasteiger partial charge on any atom is 0.305 e. The van der Waals surface area contributed by atoms with Gasteiger partial charge in [-0.2, -0.15) is 0 Å². The Hall–Kier alpha value is -1.66. The van der Waals surface area contributed by atoms with Crippen LogP contribution >= 0.6 is 0 Å². The van der Waals surface area contributed by atoms with Gasteiger partial charge in [-0.15, -0.1) is 0 Å². The standard InChI is InChI=1S/C57H109NO5/c1-3-5-7-9-11-13-15-17-19-22-25-29-33-37-41-45-49-55(60)54(53-59)58-56(61)50-46-42-38-34-30-26-23-20-21-24-28-32-36-40-44-48-52-63-57(62)51-47-43-39-35-31-27-18-16-14-12-10-8-6-4-2/h10,12,16,18,54-55,59-60H,3-9,11,13-15,17,19-53H2,1-2H3,(H,58,61)/b12-10-,18-16-. The Balaban J connectivity index is 3.43. The first-order chi connectivity index (χ1) is 31.0. The number of carbonyl (C=O) groups is 2. The highest BCUT2D eigenvalue weighted by molar-refractivity contribution is 5.76. The predicted molar refractivity (Wildman–Crippen MR) is 273 cm³/mol. The van der Waals surface area contributed by atoms with E-state index >= 15 is 0 Å². The number of aliphatic hydroxyl groups is 2. The van der Waals surface area contributed by atoms with E-state index in [4.69, 9.17) is 4.74 Å². The third kappa shape index (κ3) is 49.6. The molecule has 0 spiro atoms. The number of hydrogen-bond donors (Lipinski definition) is 3. The second-order valence-corrected chi connectivity index (χ2v) is 19.3. The zero-order chi connectivity index (χ0) is 45.8. The van der Waals surface area contributed by atoms with Gasteiger partial charge in [-0.05, 0) is 51.4 Å². The van der Waals surface area contributed by atoms with Crippen molar-refractivity contribution in [2.45, 2.75) is 315 Å². The Morgan fingerprint density at radius 1 is 0.444 bits per heavy atom. The molecule has 1 amide bonds. The van der Waals surface area contributed by atoms with E-state index in [-0.39, 0.29) is 18.5 Å². The van der Waals surface area contributed by atoms with E-state index in [1.807, 2.05) is 0 Å². The van der Waals surface area contributed by atoms with Crippen molar-refractivity contribution in [3.8, 4) is 0 Å². The van der Waals surface area contributed by atoms with Crippen molar-refractivity contribution >= 4 is 11.9 Å². The highest BCUT2D eigenvalue weighted by Gasteiger charge is 2.20. The SMILES string of the molecule is CCCC/C=C\C/C=C\CCCCCCCC(=O)OCCCCCCCCCCCCCCCCCCC(=O)NC(CO)C(O)CCCCCCCCCCCCCCCCCC. The molecule has 0 radical (unpaired) electrons. The molecule has 0 fully saturated rings. The molecule has 6 heteroatoms. The first kappa shape index (κ1) is 61.3. The number of allylic oxidation sites excluding steroid dienone is 4. The molecule has 372 valence electrons. The third-order valence-electron chi connectivity index (χ3n) is 13.0. The van der Waals surface area contributed by atoms with Crippen LogP contribution in [0.1, 0.15) is 303 Å². The van der Waals surface area contributed by atoms with Crippen LogP contribution in [0.5, 0.6) is 0 Å². The molecule has 2 unspecified atom stereocenters. The molecule has 0 saturated carbocycles. The van der Waals surface area contributed by atoms with Gasteiger partial charge in [0.2, 0.25) is 5.91 Å². The van der Waals surface area contributed by atoms with E-state index in [9.17, 15) is 19.8 Å². The molecule has 0 bridgehead atoms. The minimum Gasteiger partial charge on any atom is -0.466 e. The smallest absolute Gasteiger partial charge is 0.305 e. The van der Waals surface area contributed by atoms with E-state index in [1.165, 1.54) is 212 Å². The van der Waals surface area contributed by atoms with Gasteiger partial charge in [0, 0.05) is 12.8 Å². The molecular formula is C57H109NO5. The van der Waals surface area contributed by atoms with Crippen LogP contribution in [-0.2, 0) is 14.3 Å². The largest absolute Gasteiger partial charge is 0.466 e. The minimum absolute atomic E-state index is 0.0112. The van der Waals surface area contributed by atoms with Crippen molar-refractivity contribution in [2.75, 3.05) is 13.2 Å². The molecule has 0 aliphatic heterocycles. The second kappa shape index (κ2) is 53.0. The molecule has 0 saturated heterocycles. The summed E-state index contributed by atoms with van der Waals surface area (Å²) in [4.78, 5) is 24.5. The fraction of sp³-hybridized carbons (Fsp3) is 0.895. The van der Waals surface area contributed by atoms with Gasteiger partial charge in [-0.3, -0.25) is 9.59 Å². The molecule has 0 aromatic rings. The number of rotatable bonds is 52. The van der Waals surface area contributed by atoms with Gasteiger partial charge in [0.15, 0.2) is 0 Å². The lowest BCUT2D eigenvalue weighted by Crippen LogP contribution is -2.45. The summed E-state index contributed by atoms with van der Waals surface area (Å²) >= 11 is 0. The zero-order valence-electron chi connectivity index (χ0n) is 42.3. The normalized spacial score (nSPS) is 12.8. The fourth-order valence-electron chi connectivity index (χ4n) is 8.66. The topological polar surface area (TPSA) is 95.9 Å². The zero-order valence-corrected chi connectivity index (χ0v) is 42.3. The summed E-state index contributed by atoms with van der Waals surface area (Å²) in [6, 6.07) is -0.547. The number of hydrogen-bond acceptors (Lipinski definition) is 5. The van der Waals surface area contributed by atoms with Gasteiger partial charge in [0.25, 0.3) is 0 Å². The quantitative estimate of drug-likeness (QED) is 0.0321. The van der Waals surface area contributed by atoms with Crippen LogP contribution in [0.2, 0.25) is 0 Å². The van der Waals surface area contributed by atoms with Crippen LogP contribution < -0.4 is 5.32 Å². The van der Waals surface area contributed by atoms with Crippen molar-refractivity contribution in [2.24, 2.45) is 0 Å². The molecule has 0 heterocycles. The van der Waals surface area contributed by atoms with Crippen LogP contribution in [0, 0.1) is 0 Å². The van der Waals surface area contributed by atoms with E-state index in [2.05, 4.69) is 43.5 Å². The van der Waals surface area contributed by atoms with Gasteiger partial charge in [0.1, 0.15) is 0 Å².